The number of benzene rings is 1. The number of nitrogens with zero attached hydrogens (tertiary/aromatic N) is 1. The van der Waals surface area contributed by atoms with Crippen molar-refractivity contribution in [2.45, 2.75) is 27.2 Å². The van der Waals surface area contributed by atoms with E-state index in [-0.39, 0.29) is 29.4 Å². The van der Waals surface area contributed by atoms with Gasteiger partial charge < -0.3 is 5.11 Å². The van der Waals surface area contributed by atoms with Crippen molar-refractivity contribution in [2.75, 3.05) is 4.90 Å². The Morgan fingerprint density at radius 1 is 1.28 bits per heavy atom. The number of phenolic OH excluding ortho intramolecular Hbond substituents is 1. The fraction of sp³-hybridized carbons (Fsp3) is 0.429. The Labute approximate surface area is 106 Å². The van der Waals surface area contributed by atoms with Gasteiger partial charge in [0.25, 0.3) is 0 Å². The van der Waals surface area contributed by atoms with E-state index in [0.29, 0.717) is 17.7 Å². The first kappa shape index (κ1) is 12.6. The average molecular weight is 247 g/mol. The van der Waals surface area contributed by atoms with Crippen LogP contribution in [0.2, 0.25) is 0 Å². The number of imide groups is 1. The summed E-state index contributed by atoms with van der Waals surface area (Å²) in [6, 6.07) is 4.77. The van der Waals surface area contributed by atoms with Crippen molar-refractivity contribution in [3.8, 4) is 5.75 Å². The molecule has 0 aromatic heterocycles. The van der Waals surface area contributed by atoms with E-state index in [0.717, 1.165) is 0 Å². The van der Waals surface area contributed by atoms with Crippen molar-refractivity contribution in [1.82, 2.24) is 0 Å². The van der Waals surface area contributed by atoms with E-state index in [2.05, 4.69) is 0 Å². The second-order valence-electron chi connectivity index (χ2n) is 5.01. The van der Waals surface area contributed by atoms with Crippen LogP contribution in [-0.4, -0.2) is 16.9 Å². The Hall–Kier alpha value is -1.84. The summed E-state index contributed by atoms with van der Waals surface area (Å²) in [7, 11) is 0. The third-order valence-electron chi connectivity index (χ3n) is 3.65. The lowest BCUT2D eigenvalue weighted by atomic mass is 9.87. The molecule has 18 heavy (non-hydrogen) atoms. The van der Waals surface area contributed by atoms with Gasteiger partial charge in [0.1, 0.15) is 5.75 Å². The molecule has 1 aromatic carbocycles. The number of carbonyl (C=O) groups is 2. The Kier molecular flexibility index (Phi) is 3.11. The van der Waals surface area contributed by atoms with Crippen molar-refractivity contribution >= 4 is 17.5 Å². The van der Waals surface area contributed by atoms with Crippen molar-refractivity contribution < 1.29 is 14.7 Å². The lowest BCUT2D eigenvalue weighted by Crippen LogP contribution is -2.47. The van der Waals surface area contributed by atoms with Gasteiger partial charge in [-0.05, 0) is 36.6 Å². The lowest BCUT2D eigenvalue weighted by molar-refractivity contribution is -0.133. The van der Waals surface area contributed by atoms with Gasteiger partial charge in [-0.1, -0.05) is 13.8 Å². The molecular weight excluding hydrogens is 230 g/mol. The largest absolute Gasteiger partial charge is 0.508 e. The fourth-order valence-electron chi connectivity index (χ4n) is 2.16. The zero-order valence-corrected chi connectivity index (χ0v) is 10.8. The zero-order valence-electron chi connectivity index (χ0n) is 10.8. The molecule has 2 atom stereocenters. The summed E-state index contributed by atoms with van der Waals surface area (Å²) < 4.78 is 0. The highest BCUT2D eigenvalue weighted by Gasteiger charge is 2.37. The Balaban J connectivity index is 2.39. The molecule has 0 spiro atoms. The summed E-state index contributed by atoms with van der Waals surface area (Å²) >= 11 is 0. The molecule has 1 fully saturated rings. The number of aryl methyl sites for hydroxylation is 1. The molecule has 0 aliphatic carbocycles. The van der Waals surface area contributed by atoms with E-state index in [4.69, 9.17) is 0 Å². The molecule has 2 rings (SSSR count). The summed E-state index contributed by atoms with van der Waals surface area (Å²) in [4.78, 5) is 25.4. The first-order chi connectivity index (χ1) is 8.41. The third-order valence-corrected chi connectivity index (χ3v) is 3.65. The van der Waals surface area contributed by atoms with Gasteiger partial charge in [0.05, 0.1) is 5.69 Å². The number of piperidine rings is 1. The Morgan fingerprint density at radius 2 is 1.94 bits per heavy atom. The monoisotopic (exact) mass is 247 g/mol. The lowest BCUT2D eigenvalue weighted by Gasteiger charge is -2.33. The number of carbonyl (C=O) groups excluding carboxylic acids is 2. The molecule has 2 amide bonds. The summed E-state index contributed by atoms with van der Waals surface area (Å²) in [5, 5.41) is 9.48. The van der Waals surface area contributed by atoms with E-state index < -0.39 is 0 Å². The highest BCUT2D eigenvalue weighted by Crippen LogP contribution is 2.31. The van der Waals surface area contributed by atoms with E-state index >= 15 is 0 Å². The van der Waals surface area contributed by atoms with Crippen LogP contribution in [-0.2, 0) is 9.59 Å². The minimum Gasteiger partial charge on any atom is -0.508 e. The Bertz CT molecular complexity index is 510. The second kappa shape index (κ2) is 4.44. The topological polar surface area (TPSA) is 57.6 Å². The van der Waals surface area contributed by atoms with E-state index in [1.807, 2.05) is 13.8 Å². The standard InChI is InChI=1S/C14H17NO3/c1-8-7-13(17)15(14(18)10(8)3)11-4-5-12(16)9(2)6-11/h4-6,8,10,16H,7H2,1-3H3. The van der Waals surface area contributed by atoms with Crippen LogP contribution in [0.4, 0.5) is 5.69 Å². The molecule has 1 aromatic rings. The van der Waals surface area contributed by atoms with E-state index in [1.54, 1.807) is 19.1 Å². The molecule has 1 aliphatic heterocycles. The number of amides is 2. The van der Waals surface area contributed by atoms with Gasteiger partial charge in [-0.2, -0.15) is 0 Å². The normalized spacial score (nSPS) is 24.5. The molecule has 2 unspecified atom stereocenters. The molecule has 0 bridgehead atoms. The summed E-state index contributed by atoms with van der Waals surface area (Å²) in [6.45, 7) is 5.50. The van der Waals surface area contributed by atoms with Crippen LogP contribution in [0.25, 0.3) is 0 Å². The summed E-state index contributed by atoms with van der Waals surface area (Å²) in [6.07, 6.45) is 0.382. The fourth-order valence-corrected chi connectivity index (χ4v) is 2.16. The van der Waals surface area contributed by atoms with Gasteiger partial charge in [-0.15, -0.1) is 0 Å². The van der Waals surface area contributed by atoms with Crippen LogP contribution in [0.1, 0.15) is 25.8 Å². The van der Waals surface area contributed by atoms with Gasteiger partial charge in [0.15, 0.2) is 0 Å². The average Bonchev–Trinajstić information content (AvgIpc) is 2.31. The first-order valence-electron chi connectivity index (χ1n) is 6.08. The minimum atomic E-state index is -0.171. The van der Waals surface area contributed by atoms with Gasteiger partial charge in [0.2, 0.25) is 11.8 Å². The Morgan fingerprint density at radius 3 is 2.56 bits per heavy atom. The predicted octanol–water partition coefficient (Wildman–Crippen LogP) is 2.24. The summed E-state index contributed by atoms with van der Waals surface area (Å²) in [5.41, 5.74) is 1.19. The van der Waals surface area contributed by atoms with Crippen molar-refractivity contribution in [2.24, 2.45) is 11.8 Å². The molecule has 1 saturated heterocycles. The highest BCUT2D eigenvalue weighted by molar-refractivity contribution is 6.17. The quantitative estimate of drug-likeness (QED) is 0.774. The van der Waals surface area contributed by atoms with Gasteiger partial charge in [-0.3, -0.25) is 14.5 Å². The maximum absolute atomic E-state index is 12.2. The van der Waals surface area contributed by atoms with E-state index in [1.165, 1.54) is 11.0 Å². The van der Waals surface area contributed by atoms with Crippen LogP contribution >= 0.6 is 0 Å². The molecule has 0 saturated carbocycles. The highest BCUT2D eigenvalue weighted by atomic mass is 16.3. The number of hydrogen-bond acceptors (Lipinski definition) is 3. The molecular formula is C14H17NO3. The molecule has 1 aliphatic rings. The maximum Gasteiger partial charge on any atom is 0.236 e. The predicted molar refractivity (Wildman–Crippen MR) is 68.3 cm³/mol. The van der Waals surface area contributed by atoms with E-state index in [9.17, 15) is 14.7 Å². The SMILES string of the molecule is Cc1cc(N2C(=O)CC(C)C(C)C2=O)ccc1O. The molecule has 1 heterocycles. The van der Waals surface area contributed by atoms with Crippen molar-refractivity contribution in [3.63, 3.8) is 0 Å². The number of phenols is 1. The van der Waals surface area contributed by atoms with Crippen LogP contribution in [0, 0.1) is 18.8 Å². The smallest absolute Gasteiger partial charge is 0.236 e. The maximum atomic E-state index is 12.2. The summed E-state index contributed by atoms with van der Waals surface area (Å²) in [5.74, 6) is -0.243. The van der Waals surface area contributed by atoms with Crippen LogP contribution in [0.3, 0.4) is 0 Å². The number of anilines is 1. The zero-order chi connectivity index (χ0) is 13.4. The van der Waals surface area contributed by atoms with Crippen LogP contribution in [0.15, 0.2) is 18.2 Å². The minimum absolute atomic E-state index is 0.0828. The molecule has 1 N–H and O–H groups in total. The number of rotatable bonds is 1. The molecule has 96 valence electrons. The second-order valence-corrected chi connectivity index (χ2v) is 5.01. The number of hydrogen-bond donors (Lipinski definition) is 1. The van der Waals surface area contributed by atoms with Gasteiger partial charge in [-0.25, -0.2) is 0 Å². The first-order valence-corrected chi connectivity index (χ1v) is 6.08. The van der Waals surface area contributed by atoms with Crippen molar-refractivity contribution in [1.29, 1.82) is 0 Å². The van der Waals surface area contributed by atoms with Crippen LogP contribution in [0.5, 0.6) is 5.75 Å². The van der Waals surface area contributed by atoms with Crippen molar-refractivity contribution in [3.05, 3.63) is 23.8 Å². The van der Waals surface area contributed by atoms with Gasteiger partial charge in [0, 0.05) is 12.3 Å². The third kappa shape index (κ3) is 1.98. The number of aromatic hydroxyl groups is 1. The van der Waals surface area contributed by atoms with Crippen LogP contribution < -0.4 is 4.90 Å². The molecule has 0 radical (unpaired) electrons. The molecule has 4 heteroatoms. The molecule has 4 nitrogen and oxygen atoms in total. The van der Waals surface area contributed by atoms with Gasteiger partial charge >= 0.3 is 0 Å².